The van der Waals surface area contributed by atoms with E-state index in [4.69, 9.17) is 0 Å². The number of nitrogens with zero attached hydrogens (tertiary/aromatic N) is 1. The number of hydrogen-bond donors (Lipinski definition) is 1. The summed E-state index contributed by atoms with van der Waals surface area (Å²) in [5.41, 5.74) is 5.33. The molecule has 0 saturated heterocycles. The minimum Gasteiger partial charge on any atom is -0.284 e. The first kappa shape index (κ1) is 18.8. The Morgan fingerprint density at radius 1 is 1.18 bits per heavy atom. The number of aromatic nitrogens is 1. The third kappa shape index (κ3) is 4.00. The highest BCUT2D eigenvalue weighted by molar-refractivity contribution is 7.92. The van der Waals surface area contributed by atoms with Crippen LogP contribution in [0.2, 0.25) is 0 Å². The van der Waals surface area contributed by atoms with Crippen molar-refractivity contribution < 1.29 is 12.8 Å². The Hall–Kier alpha value is -2.51. The second-order valence-electron chi connectivity index (χ2n) is 6.87. The summed E-state index contributed by atoms with van der Waals surface area (Å²) in [6.45, 7) is 1.99. The van der Waals surface area contributed by atoms with Crippen LogP contribution >= 0.6 is 11.3 Å². The van der Waals surface area contributed by atoms with Gasteiger partial charge in [0, 0.05) is 11.3 Å². The number of hydrogen-bond acceptors (Lipinski definition) is 4. The second-order valence-corrected chi connectivity index (χ2v) is 9.82. The van der Waals surface area contributed by atoms with E-state index in [1.165, 1.54) is 6.07 Å². The van der Waals surface area contributed by atoms with Gasteiger partial charge in [-0.15, -0.1) is 11.3 Å². The minimum absolute atomic E-state index is 0.244. The van der Waals surface area contributed by atoms with Gasteiger partial charge in [-0.25, -0.2) is 17.8 Å². The maximum Gasteiger partial charge on any atom is 0.229 e. The van der Waals surface area contributed by atoms with Crippen LogP contribution in [0.3, 0.4) is 0 Å². The zero-order valence-electron chi connectivity index (χ0n) is 15.5. The number of rotatable bonds is 3. The molecule has 1 aliphatic carbocycles. The van der Waals surface area contributed by atoms with Gasteiger partial charge < -0.3 is 0 Å². The molecule has 144 valence electrons. The summed E-state index contributed by atoms with van der Waals surface area (Å²) in [5, 5.41) is 0.994. The minimum atomic E-state index is -3.35. The number of halogens is 1. The van der Waals surface area contributed by atoms with Crippen LogP contribution in [0.25, 0.3) is 11.6 Å². The normalized spacial score (nSPS) is 15.0. The Bertz CT molecular complexity index is 1200. The molecule has 1 heterocycles. The fraction of sp³-hybridized carbons (Fsp3) is 0.190. The van der Waals surface area contributed by atoms with Gasteiger partial charge in [-0.05, 0) is 66.8 Å². The number of thiazole rings is 1. The molecule has 0 bridgehead atoms. The van der Waals surface area contributed by atoms with Gasteiger partial charge in [-0.3, -0.25) is 4.72 Å². The van der Waals surface area contributed by atoms with Crippen molar-refractivity contribution in [1.82, 2.24) is 4.98 Å². The number of nitrogens with one attached hydrogen (secondary N) is 1. The Morgan fingerprint density at radius 2 is 2.00 bits per heavy atom. The molecule has 1 aliphatic rings. The van der Waals surface area contributed by atoms with Crippen molar-refractivity contribution in [2.45, 2.75) is 19.8 Å². The average molecular weight is 415 g/mol. The van der Waals surface area contributed by atoms with Crippen molar-refractivity contribution in [2.24, 2.45) is 0 Å². The Morgan fingerprint density at radius 3 is 2.79 bits per heavy atom. The van der Waals surface area contributed by atoms with Crippen LogP contribution in [0, 0.1) is 12.7 Å². The molecule has 1 N–H and O–H groups in total. The third-order valence-electron chi connectivity index (χ3n) is 4.54. The fourth-order valence-corrected chi connectivity index (χ4v) is 5.02. The van der Waals surface area contributed by atoms with E-state index in [0.29, 0.717) is 5.69 Å². The van der Waals surface area contributed by atoms with Crippen LogP contribution in [-0.2, 0) is 22.9 Å². The highest BCUT2D eigenvalue weighted by Gasteiger charge is 2.22. The maximum absolute atomic E-state index is 13.8. The molecule has 0 atom stereocenters. The van der Waals surface area contributed by atoms with Gasteiger partial charge in [-0.1, -0.05) is 18.2 Å². The van der Waals surface area contributed by atoms with E-state index in [2.05, 4.69) is 9.71 Å². The highest BCUT2D eigenvalue weighted by atomic mass is 32.2. The number of aryl methyl sites for hydroxylation is 3. The lowest BCUT2D eigenvalue weighted by Gasteiger charge is -2.11. The Kier molecular flexibility index (Phi) is 4.81. The largest absolute Gasteiger partial charge is 0.284 e. The van der Waals surface area contributed by atoms with Crippen molar-refractivity contribution in [3.8, 4) is 0 Å². The van der Waals surface area contributed by atoms with E-state index in [9.17, 15) is 12.8 Å². The molecule has 0 fully saturated rings. The molecule has 1 aromatic heterocycles. The first-order valence-corrected chi connectivity index (χ1v) is 11.5. The molecular weight excluding hydrogens is 395 g/mol. The zero-order chi connectivity index (χ0) is 19.9. The van der Waals surface area contributed by atoms with Gasteiger partial charge in [0.05, 0.1) is 21.8 Å². The van der Waals surface area contributed by atoms with Gasteiger partial charge >= 0.3 is 0 Å². The zero-order valence-corrected chi connectivity index (χ0v) is 17.1. The van der Waals surface area contributed by atoms with E-state index in [1.54, 1.807) is 35.6 Å². The van der Waals surface area contributed by atoms with Gasteiger partial charge in [0.15, 0.2) is 0 Å². The van der Waals surface area contributed by atoms with Crippen LogP contribution in [-0.4, -0.2) is 19.7 Å². The smallest absolute Gasteiger partial charge is 0.229 e. The lowest BCUT2D eigenvalue weighted by atomic mass is 9.97. The lowest BCUT2D eigenvalue weighted by Crippen LogP contribution is -2.09. The summed E-state index contributed by atoms with van der Waals surface area (Å²) >= 11 is 1.63. The first-order chi connectivity index (χ1) is 13.3. The average Bonchev–Trinajstić information content (AvgIpc) is 2.92. The molecule has 0 spiro atoms. The van der Waals surface area contributed by atoms with Gasteiger partial charge in [0.25, 0.3) is 0 Å². The molecule has 4 rings (SSSR count). The molecule has 0 saturated carbocycles. The Balaban J connectivity index is 1.87. The van der Waals surface area contributed by atoms with Crippen molar-refractivity contribution >= 4 is 38.7 Å². The topological polar surface area (TPSA) is 59.1 Å². The summed E-state index contributed by atoms with van der Waals surface area (Å²) in [7, 11) is -3.35. The van der Waals surface area contributed by atoms with Crippen molar-refractivity contribution in [2.75, 3.05) is 11.0 Å². The third-order valence-corrected chi connectivity index (χ3v) is 6.19. The predicted molar refractivity (Wildman–Crippen MR) is 113 cm³/mol. The van der Waals surface area contributed by atoms with Gasteiger partial charge in [0.2, 0.25) is 10.0 Å². The van der Waals surface area contributed by atoms with Crippen LogP contribution in [0.5, 0.6) is 0 Å². The van der Waals surface area contributed by atoms with E-state index in [0.717, 1.165) is 56.9 Å². The van der Waals surface area contributed by atoms with Gasteiger partial charge in [0.1, 0.15) is 5.82 Å². The number of sulfonamides is 1. The summed E-state index contributed by atoms with van der Waals surface area (Å²) in [5.74, 6) is -0.244. The molecule has 0 aliphatic heterocycles. The lowest BCUT2D eigenvalue weighted by molar-refractivity contribution is 0.607. The number of benzene rings is 2. The number of fused-ring (bicyclic) bond motifs is 2. The fourth-order valence-electron chi connectivity index (χ4n) is 3.47. The summed E-state index contributed by atoms with van der Waals surface area (Å²) in [6, 6.07) is 12.1. The molecule has 4 nitrogen and oxygen atoms in total. The SMILES string of the molecule is Cc1nc2c(s1)/C(=C\c1cccc(NS(C)(=O)=O)c1)c1ccc(F)cc1CC2. The van der Waals surface area contributed by atoms with E-state index >= 15 is 0 Å². The monoisotopic (exact) mass is 414 g/mol. The van der Waals surface area contributed by atoms with Gasteiger partial charge in [-0.2, -0.15) is 0 Å². The quantitative estimate of drug-likeness (QED) is 0.679. The Labute approximate surface area is 167 Å². The van der Waals surface area contributed by atoms with Crippen LogP contribution < -0.4 is 4.72 Å². The van der Waals surface area contributed by atoms with Crippen molar-refractivity contribution in [3.63, 3.8) is 0 Å². The summed E-state index contributed by atoms with van der Waals surface area (Å²) in [4.78, 5) is 5.75. The predicted octanol–water partition coefficient (Wildman–Crippen LogP) is 4.65. The standard InChI is InChI=1S/C21H19FN2O2S2/c1-13-23-20-9-6-15-12-16(22)7-8-18(15)19(21(20)27-13)11-14-4-3-5-17(10-14)24-28(2,25)26/h3-5,7-8,10-12,24H,6,9H2,1-2H3/b19-11-. The summed E-state index contributed by atoms with van der Waals surface area (Å²) in [6.07, 6.45) is 4.64. The van der Waals surface area contributed by atoms with E-state index in [1.807, 2.05) is 25.1 Å². The summed E-state index contributed by atoms with van der Waals surface area (Å²) < 4.78 is 39.4. The molecular formula is C21H19FN2O2S2. The van der Waals surface area contributed by atoms with E-state index < -0.39 is 10.0 Å². The second kappa shape index (κ2) is 7.14. The highest BCUT2D eigenvalue weighted by Crippen LogP contribution is 2.38. The van der Waals surface area contributed by atoms with Crippen molar-refractivity contribution in [3.05, 3.63) is 80.6 Å². The van der Waals surface area contributed by atoms with Crippen LogP contribution in [0.4, 0.5) is 10.1 Å². The number of anilines is 1. The van der Waals surface area contributed by atoms with Crippen LogP contribution in [0.15, 0.2) is 42.5 Å². The molecule has 3 aromatic rings. The first-order valence-electron chi connectivity index (χ1n) is 8.83. The maximum atomic E-state index is 13.8. The molecule has 28 heavy (non-hydrogen) atoms. The van der Waals surface area contributed by atoms with E-state index in [-0.39, 0.29) is 5.82 Å². The van der Waals surface area contributed by atoms with Crippen molar-refractivity contribution in [1.29, 1.82) is 0 Å². The molecule has 2 aromatic carbocycles. The molecule has 0 unspecified atom stereocenters. The molecule has 0 amide bonds. The van der Waals surface area contributed by atoms with Crippen LogP contribution in [0.1, 0.15) is 32.3 Å². The molecule has 0 radical (unpaired) electrons. The molecule has 7 heteroatoms.